The predicted octanol–water partition coefficient (Wildman–Crippen LogP) is 4.32. The van der Waals surface area contributed by atoms with Crippen molar-refractivity contribution in [1.82, 2.24) is 9.97 Å². The van der Waals surface area contributed by atoms with E-state index in [1.54, 1.807) is 12.1 Å². The number of aromatic nitrogens is 2. The van der Waals surface area contributed by atoms with Crippen LogP contribution in [0.5, 0.6) is 0 Å². The Bertz CT molecular complexity index is 910. The van der Waals surface area contributed by atoms with E-state index >= 15 is 0 Å². The molecule has 1 aromatic heterocycles. The molecule has 0 aliphatic rings. The number of anilines is 3. The number of nitrogens with one attached hydrogen (secondary N) is 2. The summed E-state index contributed by atoms with van der Waals surface area (Å²) in [6.45, 7) is 4.67. The summed E-state index contributed by atoms with van der Waals surface area (Å²) in [4.78, 5) is 8.86. The van der Waals surface area contributed by atoms with Gasteiger partial charge in [-0.25, -0.2) is 9.97 Å². The molecule has 1 heterocycles. The molecule has 0 saturated carbocycles. The molecule has 0 fully saturated rings. The molecule has 124 valence electrons. The van der Waals surface area contributed by atoms with Crippen LogP contribution in [0, 0.1) is 25.2 Å². The summed E-state index contributed by atoms with van der Waals surface area (Å²) < 4.78 is 0. The molecule has 0 unspecified atom stereocenters. The maximum absolute atomic E-state index is 8.86. The fourth-order valence-corrected chi connectivity index (χ4v) is 2.49. The molecule has 5 heteroatoms. The normalized spacial score (nSPS) is 10.1. The van der Waals surface area contributed by atoms with Gasteiger partial charge in [0.1, 0.15) is 17.5 Å². The average molecular weight is 329 g/mol. The molecule has 2 N–H and O–H groups in total. The van der Waals surface area contributed by atoms with Gasteiger partial charge in [-0.15, -0.1) is 0 Å². The summed E-state index contributed by atoms with van der Waals surface area (Å²) in [5.74, 6) is 2.17. The quantitative estimate of drug-likeness (QED) is 0.729. The average Bonchev–Trinajstić information content (AvgIpc) is 2.61. The molecule has 0 aliphatic heterocycles. The first-order valence-corrected chi connectivity index (χ1v) is 8.05. The molecule has 0 atom stereocenters. The number of aryl methyl sites for hydroxylation is 2. The Morgan fingerprint density at radius 3 is 2.40 bits per heavy atom. The Morgan fingerprint density at radius 1 is 0.960 bits per heavy atom. The number of hydrogen-bond donors (Lipinski definition) is 2. The van der Waals surface area contributed by atoms with Gasteiger partial charge in [-0.1, -0.05) is 24.3 Å². The van der Waals surface area contributed by atoms with E-state index in [2.05, 4.69) is 45.7 Å². The van der Waals surface area contributed by atoms with Gasteiger partial charge in [0, 0.05) is 18.3 Å². The molecular formula is C20H19N5. The van der Waals surface area contributed by atoms with Crippen molar-refractivity contribution in [3.05, 3.63) is 77.1 Å². The maximum Gasteiger partial charge on any atom is 0.136 e. The molecule has 3 aromatic rings. The molecule has 25 heavy (non-hydrogen) atoms. The van der Waals surface area contributed by atoms with Crippen LogP contribution < -0.4 is 10.6 Å². The fraction of sp³-hybridized carbons (Fsp3) is 0.150. The third-order valence-corrected chi connectivity index (χ3v) is 3.85. The second-order valence-corrected chi connectivity index (χ2v) is 5.78. The first kappa shape index (κ1) is 16.5. The van der Waals surface area contributed by atoms with Crippen LogP contribution in [-0.4, -0.2) is 9.97 Å². The molecule has 0 aliphatic carbocycles. The van der Waals surface area contributed by atoms with Crippen molar-refractivity contribution in [2.24, 2.45) is 0 Å². The van der Waals surface area contributed by atoms with Gasteiger partial charge in [-0.05, 0) is 49.2 Å². The SMILES string of the molecule is Cc1nc(NCc2ccccc2C)cc(Nc2ccc(C#N)cc2)n1. The first-order valence-electron chi connectivity index (χ1n) is 8.05. The lowest BCUT2D eigenvalue weighted by molar-refractivity contribution is 1.02. The van der Waals surface area contributed by atoms with Crippen LogP contribution in [0.25, 0.3) is 0 Å². The van der Waals surface area contributed by atoms with Crippen molar-refractivity contribution in [3.63, 3.8) is 0 Å². The minimum absolute atomic E-state index is 0.630. The van der Waals surface area contributed by atoms with E-state index < -0.39 is 0 Å². The minimum Gasteiger partial charge on any atom is -0.366 e. The van der Waals surface area contributed by atoms with E-state index in [0.29, 0.717) is 23.8 Å². The number of rotatable bonds is 5. The second-order valence-electron chi connectivity index (χ2n) is 5.78. The van der Waals surface area contributed by atoms with E-state index in [9.17, 15) is 0 Å². The van der Waals surface area contributed by atoms with Gasteiger partial charge in [0.2, 0.25) is 0 Å². The van der Waals surface area contributed by atoms with Crippen LogP contribution in [0.1, 0.15) is 22.5 Å². The van der Waals surface area contributed by atoms with Crippen LogP contribution in [0.4, 0.5) is 17.3 Å². The number of nitriles is 1. The largest absolute Gasteiger partial charge is 0.366 e. The van der Waals surface area contributed by atoms with Gasteiger partial charge in [-0.2, -0.15) is 5.26 Å². The summed E-state index contributed by atoms with van der Waals surface area (Å²) in [6, 6.07) is 19.5. The number of benzene rings is 2. The van der Waals surface area contributed by atoms with Crippen molar-refractivity contribution in [2.75, 3.05) is 10.6 Å². The smallest absolute Gasteiger partial charge is 0.136 e. The lowest BCUT2D eigenvalue weighted by Gasteiger charge is -2.11. The monoisotopic (exact) mass is 329 g/mol. The van der Waals surface area contributed by atoms with Crippen LogP contribution in [-0.2, 0) is 6.54 Å². The van der Waals surface area contributed by atoms with E-state index in [1.807, 2.05) is 37.3 Å². The van der Waals surface area contributed by atoms with Crippen molar-refractivity contribution in [3.8, 4) is 6.07 Å². The summed E-state index contributed by atoms with van der Waals surface area (Å²) in [5, 5.41) is 15.5. The minimum atomic E-state index is 0.630. The zero-order chi connectivity index (χ0) is 17.6. The summed E-state index contributed by atoms with van der Waals surface area (Å²) in [5.41, 5.74) is 3.99. The Balaban J connectivity index is 1.73. The molecule has 0 radical (unpaired) electrons. The molecule has 3 rings (SSSR count). The predicted molar refractivity (Wildman–Crippen MR) is 99.7 cm³/mol. The Morgan fingerprint density at radius 2 is 1.68 bits per heavy atom. The lowest BCUT2D eigenvalue weighted by atomic mass is 10.1. The summed E-state index contributed by atoms with van der Waals surface area (Å²) in [7, 11) is 0. The van der Waals surface area contributed by atoms with Crippen molar-refractivity contribution < 1.29 is 0 Å². The highest BCUT2D eigenvalue weighted by atomic mass is 15.1. The van der Waals surface area contributed by atoms with E-state index in [-0.39, 0.29) is 0 Å². The fourth-order valence-electron chi connectivity index (χ4n) is 2.49. The zero-order valence-electron chi connectivity index (χ0n) is 14.2. The van der Waals surface area contributed by atoms with Crippen molar-refractivity contribution >= 4 is 17.3 Å². The third kappa shape index (κ3) is 4.33. The summed E-state index contributed by atoms with van der Waals surface area (Å²) >= 11 is 0. The molecular weight excluding hydrogens is 310 g/mol. The number of hydrogen-bond acceptors (Lipinski definition) is 5. The molecule has 0 saturated heterocycles. The van der Waals surface area contributed by atoms with Crippen LogP contribution >= 0.6 is 0 Å². The summed E-state index contributed by atoms with van der Waals surface area (Å²) in [6.07, 6.45) is 0. The van der Waals surface area contributed by atoms with Crippen molar-refractivity contribution in [2.45, 2.75) is 20.4 Å². The molecule has 5 nitrogen and oxygen atoms in total. The van der Waals surface area contributed by atoms with E-state index in [0.717, 1.165) is 11.5 Å². The van der Waals surface area contributed by atoms with Gasteiger partial charge < -0.3 is 10.6 Å². The molecule has 0 spiro atoms. The highest BCUT2D eigenvalue weighted by Crippen LogP contribution is 2.19. The number of nitrogens with zero attached hydrogens (tertiary/aromatic N) is 3. The third-order valence-electron chi connectivity index (χ3n) is 3.85. The lowest BCUT2D eigenvalue weighted by Crippen LogP contribution is -2.06. The Kier molecular flexibility index (Phi) is 4.91. The Labute approximate surface area is 147 Å². The van der Waals surface area contributed by atoms with Crippen molar-refractivity contribution in [1.29, 1.82) is 5.26 Å². The van der Waals surface area contributed by atoms with Gasteiger partial charge in [0.25, 0.3) is 0 Å². The molecule has 0 amide bonds. The van der Waals surface area contributed by atoms with Crippen LogP contribution in [0.3, 0.4) is 0 Å². The second kappa shape index (κ2) is 7.45. The van der Waals surface area contributed by atoms with Gasteiger partial charge in [0.05, 0.1) is 11.6 Å². The van der Waals surface area contributed by atoms with Crippen LogP contribution in [0.2, 0.25) is 0 Å². The topological polar surface area (TPSA) is 73.6 Å². The highest BCUT2D eigenvalue weighted by molar-refractivity contribution is 5.60. The zero-order valence-corrected chi connectivity index (χ0v) is 14.2. The standard InChI is InChI=1S/C20H19N5/c1-14-5-3-4-6-17(14)13-22-19-11-20(24-15(2)23-19)25-18-9-7-16(12-21)8-10-18/h3-11H,13H2,1-2H3,(H2,22,23,24,25). The van der Waals surface area contributed by atoms with Gasteiger partial charge in [0.15, 0.2) is 0 Å². The van der Waals surface area contributed by atoms with Crippen LogP contribution in [0.15, 0.2) is 54.6 Å². The molecule has 2 aromatic carbocycles. The Hall–Kier alpha value is -3.39. The first-order chi connectivity index (χ1) is 12.1. The highest BCUT2D eigenvalue weighted by Gasteiger charge is 2.04. The maximum atomic E-state index is 8.86. The van der Waals surface area contributed by atoms with Gasteiger partial charge in [-0.3, -0.25) is 0 Å². The van der Waals surface area contributed by atoms with E-state index in [1.165, 1.54) is 11.1 Å². The molecule has 0 bridgehead atoms. The van der Waals surface area contributed by atoms with E-state index in [4.69, 9.17) is 5.26 Å². The van der Waals surface area contributed by atoms with Gasteiger partial charge >= 0.3 is 0 Å².